The molecule has 0 saturated carbocycles. The summed E-state index contributed by atoms with van der Waals surface area (Å²) in [4.78, 5) is 4.78. The number of rotatable bonds is 8. The lowest BCUT2D eigenvalue weighted by atomic mass is 9.67. The second-order valence-corrected chi connectivity index (χ2v) is 16.7. The van der Waals surface area contributed by atoms with Gasteiger partial charge >= 0.3 is 0 Å². The normalized spacial score (nSPS) is 12.7. The fourth-order valence-electron chi connectivity index (χ4n) is 10.7. The number of hydrogen-bond acceptors (Lipinski definition) is 4. The summed E-state index contributed by atoms with van der Waals surface area (Å²) in [5.41, 5.74) is 15.3. The van der Waals surface area contributed by atoms with Gasteiger partial charge in [0.05, 0.1) is 27.6 Å². The Labute approximate surface area is 376 Å². The molecule has 0 atom stereocenters. The largest absolute Gasteiger partial charge is 0.455 e. The standard InChI is InChI=1S/C61H40N2O2/c1-7-23-41(24-8-1)61(42-25-9-2-10-26-42)49-39-51(62(43-27-11-3-12-28-43)44-29-13-4-14-30-44)55-47-35-19-21-37-53(47)64-59(55)57(49)58-50(61)40-52(56-48-36-20-22-38-54(48)65-60(56)58)63(45-31-15-5-16-32-45)46-33-17-6-18-34-46/h1-40H. The molecule has 0 spiro atoms. The van der Waals surface area contributed by atoms with Crippen molar-refractivity contribution in [3.63, 3.8) is 0 Å². The first-order chi connectivity index (χ1) is 32.3. The van der Waals surface area contributed by atoms with Gasteiger partial charge in [0.1, 0.15) is 22.3 Å². The van der Waals surface area contributed by atoms with Crippen molar-refractivity contribution in [1.82, 2.24) is 0 Å². The van der Waals surface area contributed by atoms with Crippen LogP contribution in [0.25, 0.3) is 55.0 Å². The zero-order valence-electron chi connectivity index (χ0n) is 35.3. The van der Waals surface area contributed by atoms with Gasteiger partial charge in [-0.15, -0.1) is 0 Å². The van der Waals surface area contributed by atoms with Crippen LogP contribution in [0.4, 0.5) is 34.1 Å². The minimum absolute atomic E-state index is 0.822. The van der Waals surface area contributed by atoms with E-state index < -0.39 is 5.41 Å². The van der Waals surface area contributed by atoms with E-state index in [1.165, 1.54) is 0 Å². The van der Waals surface area contributed by atoms with E-state index >= 15 is 0 Å². The summed E-state index contributed by atoms with van der Waals surface area (Å²) in [6.45, 7) is 0. The number of anilines is 6. The summed E-state index contributed by atoms with van der Waals surface area (Å²) in [5.74, 6) is 0. The molecule has 0 saturated heterocycles. The second-order valence-electron chi connectivity index (χ2n) is 16.7. The molecule has 10 aromatic carbocycles. The number of fused-ring (bicyclic) bond motifs is 11. The lowest BCUT2D eigenvalue weighted by Gasteiger charge is -2.36. The van der Waals surface area contributed by atoms with Crippen molar-refractivity contribution in [1.29, 1.82) is 0 Å². The van der Waals surface area contributed by atoms with Crippen LogP contribution in [0.2, 0.25) is 0 Å². The van der Waals surface area contributed by atoms with Crippen LogP contribution < -0.4 is 9.80 Å². The Kier molecular flexibility index (Phi) is 8.40. The van der Waals surface area contributed by atoms with Crippen molar-refractivity contribution in [2.75, 3.05) is 9.80 Å². The van der Waals surface area contributed by atoms with Crippen molar-refractivity contribution in [3.8, 4) is 11.1 Å². The predicted octanol–water partition coefficient (Wildman–Crippen LogP) is 16.8. The molecule has 4 heteroatoms. The maximum Gasteiger partial charge on any atom is 0.145 e. The fraction of sp³-hybridized carbons (Fsp3) is 0.0164. The van der Waals surface area contributed by atoms with E-state index in [0.717, 1.165) is 111 Å². The van der Waals surface area contributed by atoms with Crippen LogP contribution >= 0.6 is 0 Å². The summed E-state index contributed by atoms with van der Waals surface area (Å²) < 4.78 is 14.7. The average Bonchev–Trinajstić information content (AvgIpc) is 4.05. The molecule has 1 aliphatic carbocycles. The van der Waals surface area contributed by atoms with Crippen molar-refractivity contribution in [2.45, 2.75) is 5.41 Å². The highest BCUT2D eigenvalue weighted by Gasteiger charge is 2.50. The van der Waals surface area contributed by atoms with Gasteiger partial charge in [0.25, 0.3) is 0 Å². The third kappa shape index (κ3) is 5.51. The first kappa shape index (κ1) is 37.0. The molecule has 306 valence electrons. The van der Waals surface area contributed by atoms with Gasteiger partial charge in [-0.1, -0.05) is 170 Å². The molecular formula is C61H40N2O2. The molecule has 2 heterocycles. The molecule has 0 amide bonds. The Hall–Kier alpha value is -8.60. The molecule has 0 radical (unpaired) electrons. The summed E-state index contributed by atoms with van der Waals surface area (Å²) >= 11 is 0. The van der Waals surface area contributed by atoms with Gasteiger partial charge in [0.2, 0.25) is 0 Å². The molecule has 2 aromatic heterocycles. The van der Waals surface area contributed by atoms with E-state index in [0.29, 0.717) is 0 Å². The Morgan fingerprint density at radius 1 is 0.308 bits per heavy atom. The number of nitrogens with zero attached hydrogens (tertiary/aromatic N) is 2. The summed E-state index contributed by atoms with van der Waals surface area (Å²) in [7, 11) is 0. The highest BCUT2D eigenvalue weighted by atomic mass is 16.3. The molecule has 0 bridgehead atoms. The van der Waals surface area contributed by atoms with Crippen LogP contribution in [-0.2, 0) is 5.41 Å². The van der Waals surface area contributed by atoms with Crippen LogP contribution in [0, 0.1) is 0 Å². The molecule has 0 aliphatic heterocycles. The Balaban J connectivity index is 1.27. The third-order valence-electron chi connectivity index (χ3n) is 13.3. The second kappa shape index (κ2) is 14.8. The number of para-hydroxylation sites is 6. The van der Waals surface area contributed by atoms with Crippen molar-refractivity contribution < 1.29 is 8.83 Å². The first-order valence-electron chi connectivity index (χ1n) is 22.2. The molecule has 4 nitrogen and oxygen atoms in total. The third-order valence-corrected chi connectivity index (χ3v) is 13.3. The van der Waals surface area contributed by atoms with Gasteiger partial charge in [0.15, 0.2) is 0 Å². The minimum Gasteiger partial charge on any atom is -0.455 e. The number of furan rings is 2. The predicted molar refractivity (Wildman–Crippen MR) is 268 cm³/mol. The van der Waals surface area contributed by atoms with Crippen LogP contribution in [-0.4, -0.2) is 0 Å². The van der Waals surface area contributed by atoms with Gasteiger partial charge in [0, 0.05) is 44.6 Å². The minimum atomic E-state index is -0.838. The van der Waals surface area contributed by atoms with Gasteiger partial charge in [-0.25, -0.2) is 0 Å². The highest BCUT2D eigenvalue weighted by Crippen LogP contribution is 2.64. The topological polar surface area (TPSA) is 32.8 Å². The lowest BCUT2D eigenvalue weighted by Crippen LogP contribution is -2.29. The molecule has 0 unspecified atom stereocenters. The first-order valence-corrected chi connectivity index (χ1v) is 22.2. The van der Waals surface area contributed by atoms with Crippen molar-refractivity contribution in [2.24, 2.45) is 0 Å². The van der Waals surface area contributed by atoms with Crippen LogP contribution in [0.15, 0.2) is 251 Å². The molecule has 0 N–H and O–H groups in total. The molecular weight excluding hydrogens is 793 g/mol. The summed E-state index contributed by atoms with van der Waals surface area (Å²) in [5, 5.41) is 4.18. The van der Waals surface area contributed by atoms with E-state index in [4.69, 9.17) is 8.83 Å². The van der Waals surface area contributed by atoms with Crippen LogP contribution in [0.3, 0.4) is 0 Å². The molecule has 12 aromatic rings. The van der Waals surface area contributed by atoms with E-state index in [2.05, 4.69) is 252 Å². The van der Waals surface area contributed by atoms with Crippen LogP contribution in [0.1, 0.15) is 22.3 Å². The molecule has 1 aliphatic rings. The monoisotopic (exact) mass is 832 g/mol. The van der Waals surface area contributed by atoms with E-state index in [-0.39, 0.29) is 0 Å². The van der Waals surface area contributed by atoms with E-state index in [1.54, 1.807) is 0 Å². The quantitative estimate of drug-likeness (QED) is 0.153. The maximum atomic E-state index is 7.34. The Morgan fingerprint density at radius 3 is 0.938 bits per heavy atom. The maximum absolute atomic E-state index is 7.34. The van der Waals surface area contributed by atoms with Gasteiger partial charge in [-0.3, -0.25) is 0 Å². The molecule has 0 fully saturated rings. The zero-order valence-corrected chi connectivity index (χ0v) is 35.3. The van der Waals surface area contributed by atoms with E-state index in [9.17, 15) is 0 Å². The lowest BCUT2D eigenvalue weighted by molar-refractivity contribution is 0.665. The highest BCUT2D eigenvalue weighted by molar-refractivity contribution is 6.25. The van der Waals surface area contributed by atoms with E-state index in [1.807, 2.05) is 0 Å². The SMILES string of the molecule is c1ccc(N(c2ccccc2)c2cc3c(c4oc5ccccc5c24)-c2c(cc(N(c4ccccc4)c4ccccc4)c4c2oc2ccccc24)C3(c2ccccc2)c2ccccc2)cc1. The Morgan fingerprint density at radius 2 is 0.600 bits per heavy atom. The fourth-order valence-corrected chi connectivity index (χ4v) is 10.7. The smallest absolute Gasteiger partial charge is 0.145 e. The number of hydrogen-bond donors (Lipinski definition) is 0. The Bertz CT molecular complexity index is 3370. The van der Waals surface area contributed by atoms with Crippen LogP contribution in [0.5, 0.6) is 0 Å². The molecule has 13 rings (SSSR count). The average molecular weight is 833 g/mol. The zero-order chi connectivity index (χ0) is 42.9. The van der Waals surface area contributed by atoms with Gasteiger partial charge in [-0.2, -0.15) is 0 Å². The van der Waals surface area contributed by atoms with Crippen molar-refractivity contribution in [3.05, 3.63) is 265 Å². The van der Waals surface area contributed by atoms with Gasteiger partial charge < -0.3 is 18.6 Å². The van der Waals surface area contributed by atoms with Gasteiger partial charge in [-0.05, 0) is 95.1 Å². The molecule has 65 heavy (non-hydrogen) atoms. The summed E-state index contributed by atoms with van der Waals surface area (Å²) in [6, 6.07) is 86.6. The summed E-state index contributed by atoms with van der Waals surface area (Å²) in [6.07, 6.45) is 0. The van der Waals surface area contributed by atoms with Crippen molar-refractivity contribution >= 4 is 78.0 Å². The number of benzene rings is 10.